The number of aliphatic hydroxyl groups is 1. The van der Waals surface area contributed by atoms with Crippen molar-refractivity contribution in [3.05, 3.63) is 34.3 Å². The number of aliphatic hydroxyl groups excluding tert-OH is 1. The second-order valence-electron chi connectivity index (χ2n) is 4.90. The molecule has 0 amide bonds. The van der Waals surface area contributed by atoms with Crippen molar-refractivity contribution in [2.45, 2.75) is 25.2 Å². The van der Waals surface area contributed by atoms with Gasteiger partial charge in [-0.15, -0.1) is 0 Å². The number of halogens is 1. The van der Waals surface area contributed by atoms with Crippen LogP contribution in [0.4, 0.5) is 0 Å². The van der Waals surface area contributed by atoms with Crippen molar-refractivity contribution in [3.63, 3.8) is 0 Å². The van der Waals surface area contributed by atoms with Gasteiger partial charge in [0.15, 0.2) is 0 Å². The highest BCUT2D eigenvalue weighted by Crippen LogP contribution is 2.41. The summed E-state index contributed by atoms with van der Waals surface area (Å²) >= 11 is 3.38. The maximum Gasteiger partial charge on any atom is 0.307 e. The molecule has 18 heavy (non-hydrogen) atoms. The summed E-state index contributed by atoms with van der Waals surface area (Å²) in [7, 11) is 0. The van der Waals surface area contributed by atoms with Crippen LogP contribution in [-0.4, -0.2) is 22.8 Å². The van der Waals surface area contributed by atoms with Crippen molar-refractivity contribution in [1.29, 1.82) is 0 Å². The molecule has 0 saturated heterocycles. The van der Waals surface area contributed by atoms with Gasteiger partial charge in [-0.05, 0) is 42.4 Å². The molecule has 3 atom stereocenters. The highest BCUT2D eigenvalue weighted by atomic mass is 79.9. The molecule has 4 heteroatoms. The second kappa shape index (κ2) is 5.85. The van der Waals surface area contributed by atoms with Gasteiger partial charge in [-0.25, -0.2) is 0 Å². The van der Waals surface area contributed by atoms with E-state index in [4.69, 9.17) is 0 Å². The Morgan fingerprint density at radius 2 is 1.94 bits per heavy atom. The molecule has 0 radical (unpaired) electrons. The smallest absolute Gasteiger partial charge is 0.307 e. The molecule has 1 unspecified atom stereocenters. The van der Waals surface area contributed by atoms with E-state index < -0.39 is 11.9 Å². The van der Waals surface area contributed by atoms with Crippen LogP contribution in [-0.2, 0) is 4.79 Å². The molecule has 3 nitrogen and oxygen atoms in total. The van der Waals surface area contributed by atoms with Gasteiger partial charge in [0.05, 0.1) is 5.92 Å². The third-order valence-corrected chi connectivity index (χ3v) is 4.38. The number of carboxylic acids is 1. The van der Waals surface area contributed by atoms with Crippen molar-refractivity contribution < 1.29 is 15.0 Å². The van der Waals surface area contributed by atoms with Crippen LogP contribution in [0.1, 0.15) is 30.7 Å². The first-order chi connectivity index (χ1) is 8.63. The van der Waals surface area contributed by atoms with Gasteiger partial charge >= 0.3 is 5.97 Å². The van der Waals surface area contributed by atoms with Crippen molar-refractivity contribution in [2.75, 3.05) is 6.61 Å². The lowest BCUT2D eigenvalue weighted by Gasteiger charge is -2.35. The Kier molecular flexibility index (Phi) is 4.40. The van der Waals surface area contributed by atoms with Gasteiger partial charge in [-0.1, -0.05) is 34.5 Å². The number of hydrogen-bond donors (Lipinski definition) is 2. The Morgan fingerprint density at radius 3 is 2.50 bits per heavy atom. The predicted octanol–water partition coefficient (Wildman–Crippen LogP) is 3.03. The first-order valence-electron chi connectivity index (χ1n) is 6.22. The first kappa shape index (κ1) is 13.6. The van der Waals surface area contributed by atoms with Crippen molar-refractivity contribution in [1.82, 2.24) is 0 Å². The number of carbonyl (C=O) groups is 1. The van der Waals surface area contributed by atoms with Gasteiger partial charge in [0.2, 0.25) is 0 Å². The van der Waals surface area contributed by atoms with E-state index >= 15 is 0 Å². The zero-order valence-electron chi connectivity index (χ0n) is 10.1. The number of hydrogen-bond acceptors (Lipinski definition) is 2. The van der Waals surface area contributed by atoms with Gasteiger partial charge in [-0.3, -0.25) is 4.79 Å². The topological polar surface area (TPSA) is 57.5 Å². The average Bonchev–Trinajstić information content (AvgIpc) is 2.38. The first-order valence-corrected chi connectivity index (χ1v) is 7.02. The largest absolute Gasteiger partial charge is 0.481 e. The van der Waals surface area contributed by atoms with Crippen molar-refractivity contribution in [2.24, 2.45) is 11.8 Å². The lowest BCUT2D eigenvalue weighted by Crippen LogP contribution is -2.35. The van der Waals surface area contributed by atoms with Crippen LogP contribution < -0.4 is 0 Å². The Hall–Kier alpha value is -0.870. The van der Waals surface area contributed by atoms with E-state index in [0.717, 1.165) is 29.3 Å². The quantitative estimate of drug-likeness (QED) is 0.902. The molecule has 2 N–H and O–H groups in total. The maximum atomic E-state index is 11.5. The zero-order chi connectivity index (χ0) is 13.1. The molecule has 1 saturated carbocycles. The Bertz CT molecular complexity index is 416. The molecule has 1 aromatic rings. The van der Waals surface area contributed by atoms with E-state index in [-0.39, 0.29) is 18.4 Å². The van der Waals surface area contributed by atoms with E-state index in [1.165, 1.54) is 0 Å². The van der Waals surface area contributed by atoms with Gasteiger partial charge in [0, 0.05) is 11.1 Å². The number of aliphatic carboxylic acids is 1. The zero-order valence-corrected chi connectivity index (χ0v) is 11.6. The minimum Gasteiger partial charge on any atom is -0.481 e. The monoisotopic (exact) mass is 312 g/mol. The molecule has 1 aliphatic carbocycles. The van der Waals surface area contributed by atoms with Crippen LogP contribution in [0.15, 0.2) is 28.7 Å². The summed E-state index contributed by atoms with van der Waals surface area (Å²) in [6.45, 7) is -0.0377. The van der Waals surface area contributed by atoms with E-state index in [0.29, 0.717) is 0 Å². The van der Waals surface area contributed by atoms with Gasteiger partial charge in [-0.2, -0.15) is 0 Å². The maximum absolute atomic E-state index is 11.5. The van der Waals surface area contributed by atoms with E-state index in [1.807, 2.05) is 24.3 Å². The summed E-state index contributed by atoms with van der Waals surface area (Å²) in [4.78, 5) is 11.5. The minimum atomic E-state index is -0.790. The summed E-state index contributed by atoms with van der Waals surface area (Å²) in [5.41, 5.74) is 1.06. The summed E-state index contributed by atoms with van der Waals surface area (Å²) in [6, 6.07) is 7.84. The molecule has 2 rings (SSSR count). The van der Waals surface area contributed by atoms with Gasteiger partial charge in [0.25, 0.3) is 0 Å². The van der Waals surface area contributed by atoms with Crippen LogP contribution in [0.3, 0.4) is 0 Å². The average molecular weight is 313 g/mol. The van der Waals surface area contributed by atoms with E-state index in [1.54, 1.807) is 0 Å². The van der Waals surface area contributed by atoms with Crippen LogP contribution in [0.2, 0.25) is 0 Å². The lowest BCUT2D eigenvalue weighted by atomic mass is 9.69. The SMILES string of the molecule is O=C(O)C1[C@H](CO)CCC[C@@H]1c1ccc(Br)cc1. The second-order valence-corrected chi connectivity index (χ2v) is 5.81. The Morgan fingerprint density at radius 1 is 1.28 bits per heavy atom. The molecule has 0 heterocycles. The standard InChI is InChI=1S/C14H17BrO3/c15-11-6-4-9(5-7-11)12-3-1-2-10(8-16)13(12)14(17)18/h4-7,10,12-13,16H,1-3,8H2,(H,17,18)/t10-,12+,13?/m0/s1. The van der Waals surface area contributed by atoms with Crippen LogP contribution in [0.25, 0.3) is 0 Å². The van der Waals surface area contributed by atoms with Crippen LogP contribution >= 0.6 is 15.9 Å². The molecule has 0 bridgehead atoms. The third-order valence-electron chi connectivity index (χ3n) is 3.85. The van der Waals surface area contributed by atoms with Crippen molar-refractivity contribution in [3.8, 4) is 0 Å². The van der Waals surface area contributed by atoms with Crippen molar-refractivity contribution >= 4 is 21.9 Å². The number of rotatable bonds is 3. The Balaban J connectivity index is 2.28. The molecular weight excluding hydrogens is 296 g/mol. The van der Waals surface area contributed by atoms with Gasteiger partial charge in [0.1, 0.15) is 0 Å². The fourth-order valence-corrected chi connectivity index (χ4v) is 3.21. The molecule has 0 aromatic heterocycles. The highest BCUT2D eigenvalue weighted by Gasteiger charge is 2.38. The number of carboxylic acid groups (broad SMARTS) is 1. The summed E-state index contributed by atoms with van der Waals surface area (Å²) < 4.78 is 0.993. The van der Waals surface area contributed by atoms with Crippen LogP contribution in [0, 0.1) is 11.8 Å². The van der Waals surface area contributed by atoms with E-state index in [9.17, 15) is 15.0 Å². The molecule has 1 aliphatic rings. The Labute approximate surface area is 115 Å². The molecule has 0 aliphatic heterocycles. The molecule has 1 fully saturated rings. The lowest BCUT2D eigenvalue weighted by molar-refractivity contribution is -0.146. The molecule has 1 aromatic carbocycles. The summed E-state index contributed by atoms with van der Waals surface area (Å²) in [5, 5.41) is 18.8. The molecule has 98 valence electrons. The molecule has 0 spiro atoms. The summed E-state index contributed by atoms with van der Waals surface area (Å²) in [5.74, 6) is -1.36. The predicted molar refractivity (Wildman–Crippen MR) is 72.4 cm³/mol. The fourth-order valence-electron chi connectivity index (χ4n) is 2.95. The summed E-state index contributed by atoms with van der Waals surface area (Å²) in [6.07, 6.45) is 2.67. The van der Waals surface area contributed by atoms with Gasteiger partial charge < -0.3 is 10.2 Å². The third kappa shape index (κ3) is 2.75. The number of benzene rings is 1. The minimum absolute atomic E-state index is 0.0153. The molecular formula is C14H17BrO3. The fraction of sp³-hybridized carbons (Fsp3) is 0.500. The van der Waals surface area contributed by atoms with Crippen LogP contribution in [0.5, 0.6) is 0 Å². The highest BCUT2D eigenvalue weighted by molar-refractivity contribution is 9.10. The van der Waals surface area contributed by atoms with E-state index in [2.05, 4.69) is 15.9 Å². The normalized spacial score (nSPS) is 28.0.